The summed E-state index contributed by atoms with van der Waals surface area (Å²) in [6, 6.07) is 9.36. The van der Waals surface area contributed by atoms with Gasteiger partial charge in [-0.15, -0.1) is 11.3 Å². The van der Waals surface area contributed by atoms with Gasteiger partial charge in [0, 0.05) is 18.8 Å². The highest BCUT2D eigenvalue weighted by Crippen LogP contribution is 2.25. The fraction of sp³-hybridized carbons (Fsp3) is 0.267. The molecule has 0 aliphatic heterocycles. The Hall–Kier alpha value is -1.52. The number of hydrogen-bond donors (Lipinski definition) is 1. The Kier molecular flexibility index (Phi) is 5.04. The molecule has 0 aliphatic rings. The van der Waals surface area contributed by atoms with Crippen molar-refractivity contribution < 1.29 is 4.79 Å². The third kappa shape index (κ3) is 3.32. The highest BCUT2D eigenvalue weighted by atomic mass is 35.5. The number of para-hydroxylation sites is 1. The first-order chi connectivity index (χ1) is 9.63. The molecule has 1 aromatic heterocycles. The third-order valence-corrected chi connectivity index (χ3v) is 4.34. The van der Waals surface area contributed by atoms with E-state index in [1.165, 1.54) is 11.3 Å². The number of thiophene rings is 1. The first-order valence-corrected chi connectivity index (χ1v) is 7.75. The van der Waals surface area contributed by atoms with Crippen LogP contribution in [0.2, 0.25) is 5.02 Å². The molecule has 0 unspecified atom stereocenters. The minimum absolute atomic E-state index is 0.0323. The van der Waals surface area contributed by atoms with Gasteiger partial charge in [-0.05, 0) is 29.5 Å². The Morgan fingerprint density at radius 2 is 2.10 bits per heavy atom. The fourth-order valence-corrected chi connectivity index (χ4v) is 3.10. The summed E-state index contributed by atoms with van der Waals surface area (Å²) in [6.45, 7) is 3.24. The molecule has 0 saturated carbocycles. The number of anilines is 1. The van der Waals surface area contributed by atoms with Gasteiger partial charge < -0.3 is 10.6 Å². The molecule has 0 atom stereocenters. The first kappa shape index (κ1) is 14.9. The maximum absolute atomic E-state index is 12.5. The second-order valence-electron chi connectivity index (χ2n) is 4.52. The van der Waals surface area contributed by atoms with Gasteiger partial charge in [0.05, 0.1) is 5.02 Å². The van der Waals surface area contributed by atoms with E-state index < -0.39 is 0 Å². The molecule has 0 fully saturated rings. The Bertz CT molecular complexity index is 597. The molecular formula is C15H17ClN2OS. The number of halogens is 1. The Labute approximate surface area is 128 Å². The van der Waals surface area contributed by atoms with Crippen LogP contribution in [-0.4, -0.2) is 17.4 Å². The van der Waals surface area contributed by atoms with Crippen LogP contribution in [0.1, 0.15) is 28.6 Å². The summed E-state index contributed by atoms with van der Waals surface area (Å²) >= 11 is 7.42. The summed E-state index contributed by atoms with van der Waals surface area (Å²) in [6.07, 6.45) is 0.890. The minimum Gasteiger partial charge on any atom is -0.398 e. The fourth-order valence-electron chi connectivity index (χ4n) is 2.00. The van der Waals surface area contributed by atoms with Gasteiger partial charge in [-0.1, -0.05) is 36.7 Å². The molecule has 1 aromatic carbocycles. The van der Waals surface area contributed by atoms with E-state index in [1.54, 1.807) is 11.0 Å². The Balaban J connectivity index is 2.21. The molecule has 2 rings (SSSR count). The topological polar surface area (TPSA) is 46.3 Å². The second-order valence-corrected chi connectivity index (χ2v) is 5.85. The van der Waals surface area contributed by atoms with Gasteiger partial charge in [-0.25, -0.2) is 0 Å². The van der Waals surface area contributed by atoms with Crippen LogP contribution < -0.4 is 5.73 Å². The van der Waals surface area contributed by atoms with Crippen molar-refractivity contribution in [2.45, 2.75) is 19.9 Å². The van der Waals surface area contributed by atoms with Crippen LogP contribution in [0.25, 0.3) is 0 Å². The van der Waals surface area contributed by atoms with E-state index in [0.717, 1.165) is 12.0 Å². The molecule has 106 valence electrons. The lowest BCUT2D eigenvalue weighted by Gasteiger charge is -2.22. The molecular weight excluding hydrogens is 292 g/mol. The second kappa shape index (κ2) is 6.77. The van der Waals surface area contributed by atoms with Gasteiger partial charge in [0.15, 0.2) is 0 Å². The van der Waals surface area contributed by atoms with Gasteiger partial charge in [0.1, 0.15) is 4.88 Å². The normalized spacial score (nSPS) is 10.5. The summed E-state index contributed by atoms with van der Waals surface area (Å²) in [7, 11) is 0. The van der Waals surface area contributed by atoms with Crippen LogP contribution in [-0.2, 0) is 6.54 Å². The van der Waals surface area contributed by atoms with Crippen molar-refractivity contribution in [1.82, 2.24) is 4.90 Å². The number of nitrogen functional groups attached to an aromatic ring is 1. The van der Waals surface area contributed by atoms with Crippen molar-refractivity contribution in [3.8, 4) is 0 Å². The largest absolute Gasteiger partial charge is 0.398 e. The van der Waals surface area contributed by atoms with E-state index in [4.69, 9.17) is 17.3 Å². The molecule has 20 heavy (non-hydrogen) atoms. The number of hydrogen-bond acceptors (Lipinski definition) is 3. The van der Waals surface area contributed by atoms with E-state index in [2.05, 4.69) is 0 Å². The number of nitrogens with two attached hydrogens (primary N) is 1. The molecule has 2 N–H and O–H groups in total. The molecule has 1 heterocycles. The molecule has 2 aromatic rings. The lowest BCUT2D eigenvalue weighted by molar-refractivity contribution is 0.0748. The molecule has 3 nitrogen and oxygen atoms in total. The van der Waals surface area contributed by atoms with Crippen molar-refractivity contribution in [3.63, 3.8) is 0 Å². The highest BCUT2D eigenvalue weighted by molar-refractivity contribution is 7.12. The number of benzene rings is 1. The average molecular weight is 309 g/mol. The number of carbonyl (C=O) groups excluding carboxylic acids is 1. The summed E-state index contributed by atoms with van der Waals surface area (Å²) < 4.78 is 0. The molecule has 0 aliphatic carbocycles. The average Bonchev–Trinajstić information content (AvgIpc) is 2.86. The molecule has 1 amide bonds. The van der Waals surface area contributed by atoms with Crippen LogP contribution in [0.5, 0.6) is 0 Å². The standard InChI is InChI=1S/C15H17ClN2OS/c1-2-8-18(10-11-5-3-4-6-13(11)17)15(19)14-12(16)7-9-20-14/h3-7,9H,2,8,10,17H2,1H3. The SMILES string of the molecule is CCCN(Cc1ccccc1N)C(=O)c1sccc1Cl. The molecule has 0 bridgehead atoms. The van der Waals surface area contributed by atoms with Crippen LogP contribution in [0.3, 0.4) is 0 Å². The van der Waals surface area contributed by atoms with E-state index in [1.807, 2.05) is 36.6 Å². The predicted molar refractivity (Wildman–Crippen MR) is 85.2 cm³/mol. The van der Waals surface area contributed by atoms with E-state index in [0.29, 0.717) is 28.7 Å². The Morgan fingerprint density at radius 3 is 2.70 bits per heavy atom. The maximum Gasteiger partial charge on any atom is 0.265 e. The van der Waals surface area contributed by atoms with Gasteiger partial charge >= 0.3 is 0 Å². The first-order valence-electron chi connectivity index (χ1n) is 6.49. The molecule has 5 heteroatoms. The van der Waals surface area contributed by atoms with E-state index in [9.17, 15) is 4.79 Å². The predicted octanol–water partition coefficient (Wildman–Crippen LogP) is 4.04. The number of nitrogens with zero attached hydrogens (tertiary/aromatic N) is 1. The van der Waals surface area contributed by atoms with Crippen LogP contribution in [0, 0.1) is 0 Å². The van der Waals surface area contributed by atoms with Gasteiger partial charge in [0.2, 0.25) is 0 Å². The molecule has 0 spiro atoms. The van der Waals surface area contributed by atoms with Gasteiger partial charge in [-0.2, -0.15) is 0 Å². The quantitative estimate of drug-likeness (QED) is 0.847. The zero-order chi connectivity index (χ0) is 14.5. The monoisotopic (exact) mass is 308 g/mol. The van der Waals surface area contributed by atoms with Crippen molar-refractivity contribution in [3.05, 3.63) is 51.2 Å². The number of rotatable bonds is 5. The summed E-state index contributed by atoms with van der Waals surface area (Å²) in [5.41, 5.74) is 7.62. The van der Waals surface area contributed by atoms with Gasteiger partial charge in [-0.3, -0.25) is 4.79 Å². The third-order valence-electron chi connectivity index (χ3n) is 3.01. The van der Waals surface area contributed by atoms with Crippen molar-refractivity contribution >= 4 is 34.5 Å². The van der Waals surface area contributed by atoms with Crippen LogP contribution in [0.15, 0.2) is 35.7 Å². The highest BCUT2D eigenvalue weighted by Gasteiger charge is 2.19. The lowest BCUT2D eigenvalue weighted by atomic mass is 10.1. The number of carbonyl (C=O) groups is 1. The zero-order valence-electron chi connectivity index (χ0n) is 11.3. The maximum atomic E-state index is 12.5. The van der Waals surface area contributed by atoms with Crippen molar-refractivity contribution in [2.24, 2.45) is 0 Å². The van der Waals surface area contributed by atoms with Crippen LogP contribution >= 0.6 is 22.9 Å². The van der Waals surface area contributed by atoms with Crippen LogP contribution in [0.4, 0.5) is 5.69 Å². The summed E-state index contributed by atoms with van der Waals surface area (Å²) in [5, 5.41) is 2.35. The van der Waals surface area contributed by atoms with E-state index >= 15 is 0 Å². The summed E-state index contributed by atoms with van der Waals surface area (Å²) in [4.78, 5) is 14.9. The lowest BCUT2D eigenvalue weighted by Crippen LogP contribution is -2.31. The Morgan fingerprint density at radius 1 is 1.35 bits per heavy atom. The molecule has 0 saturated heterocycles. The smallest absolute Gasteiger partial charge is 0.265 e. The number of amides is 1. The van der Waals surface area contributed by atoms with E-state index in [-0.39, 0.29) is 5.91 Å². The molecule has 0 radical (unpaired) electrons. The van der Waals surface area contributed by atoms with Gasteiger partial charge in [0.25, 0.3) is 5.91 Å². The van der Waals surface area contributed by atoms with Crippen molar-refractivity contribution in [2.75, 3.05) is 12.3 Å². The minimum atomic E-state index is -0.0323. The zero-order valence-corrected chi connectivity index (χ0v) is 12.9. The van der Waals surface area contributed by atoms with Crippen molar-refractivity contribution in [1.29, 1.82) is 0 Å². The summed E-state index contributed by atoms with van der Waals surface area (Å²) in [5.74, 6) is -0.0323.